The van der Waals surface area contributed by atoms with E-state index in [-0.39, 0.29) is 4.91 Å². The largest absolute Gasteiger partial charge is 0.477 e. The molecule has 0 radical (unpaired) electrons. The average molecular weight is 407 g/mol. The van der Waals surface area contributed by atoms with E-state index in [1.165, 1.54) is 10.9 Å². The Hall–Kier alpha value is -3.06. The molecule has 0 aliphatic carbocycles. The number of benzene rings is 2. The second kappa shape index (κ2) is 8.13. The van der Waals surface area contributed by atoms with Gasteiger partial charge in [-0.1, -0.05) is 31.2 Å². The van der Waals surface area contributed by atoms with Gasteiger partial charge in [-0.25, -0.2) is 9.78 Å². The van der Waals surface area contributed by atoms with Gasteiger partial charge in [-0.15, -0.1) is 5.10 Å². The molecule has 0 amide bonds. The van der Waals surface area contributed by atoms with Crippen LogP contribution in [0.2, 0.25) is 0 Å². The van der Waals surface area contributed by atoms with E-state index in [1.54, 1.807) is 6.08 Å². The molecule has 0 aliphatic heterocycles. The van der Waals surface area contributed by atoms with E-state index in [0.717, 1.165) is 53.4 Å². The van der Waals surface area contributed by atoms with E-state index in [4.69, 9.17) is 0 Å². The van der Waals surface area contributed by atoms with Gasteiger partial charge in [0.15, 0.2) is 0 Å². The summed E-state index contributed by atoms with van der Waals surface area (Å²) < 4.78 is 2.27. The summed E-state index contributed by atoms with van der Waals surface area (Å²) in [4.78, 5) is 16.4. The van der Waals surface area contributed by atoms with E-state index >= 15 is 0 Å². The second-order valence-corrected chi connectivity index (χ2v) is 7.78. The lowest BCUT2D eigenvalue weighted by atomic mass is 10.1. The van der Waals surface area contributed by atoms with Gasteiger partial charge in [0.05, 0.1) is 0 Å². The van der Waals surface area contributed by atoms with Crippen molar-refractivity contribution in [2.45, 2.75) is 38.4 Å². The molecule has 7 heteroatoms. The fourth-order valence-corrected chi connectivity index (χ4v) is 4.28. The van der Waals surface area contributed by atoms with Crippen molar-refractivity contribution in [1.29, 1.82) is 0 Å². The molecule has 6 nitrogen and oxygen atoms in total. The van der Waals surface area contributed by atoms with E-state index in [1.807, 2.05) is 24.3 Å². The van der Waals surface area contributed by atoms with Crippen molar-refractivity contribution in [3.8, 4) is 0 Å². The number of H-pyrrole nitrogens is 1. The molecule has 0 saturated carbocycles. The number of fused-ring (bicyclic) bond motifs is 3. The summed E-state index contributed by atoms with van der Waals surface area (Å²) in [6.07, 6.45) is 3.42. The molecule has 4 aromatic rings. The molecular formula is C22H22N4O2S. The Labute approximate surface area is 172 Å². The Morgan fingerprint density at radius 3 is 2.72 bits per heavy atom. The molecule has 0 unspecified atom stereocenters. The Kier molecular flexibility index (Phi) is 5.40. The van der Waals surface area contributed by atoms with Gasteiger partial charge in [0.1, 0.15) is 10.7 Å². The zero-order chi connectivity index (χ0) is 20.4. The van der Waals surface area contributed by atoms with Crippen LogP contribution in [0.1, 0.15) is 31.7 Å². The van der Waals surface area contributed by atoms with Gasteiger partial charge in [0.25, 0.3) is 0 Å². The molecule has 29 heavy (non-hydrogen) atoms. The highest BCUT2D eigenvalue weighted by atomic mass is 32.2. The van der Waals surface area contributed by atoms with Crippen molar-refractivity contribution in [2.24, 2.45) is 0 Å². The van der Waals surface area contributed by atoms with Gasteiger partial charge in [-0.05, 0) is 54.9 Å². The number of aromatic nitrogens is 4. The maximum Gasteiger partial charge on any atom is 0.342 e. The lowest BCUT2D eigenvalue weighted by Gasteiger charge is -2.03. The Balaban J connectivity index is 1.74. The summed E-state index contributed by atoms with van der Waals surface area (Å²) in [5, 5.41) is 19.4. The molecule has 2 aromatic carbocycles. The summed E-state index contributed by atoms with van der Waals surface area (Å²) in [5.41, 5.74) is 3.17. The normalized spacial score (nSPS) is 12.1. The maximum absolute atomic E-state index is 11.8. The van der Waals surface area contributed by atoms with Gasteiger partial charge in [-0.2, -0.15) is 0 Å². The molecule has 0 saturated heterocycles. The summed E-state index contributed by atoms with van der Waals surface area (Å²) in [6, 6.07) is 14.3. The number of thioether (sulfide) groups is 1. The number of aromatic amines is 1. The maximum atomic E-state index is 11.8. The van der Waals surface area contributed by atoms with Crippen LogP contribution in [0.4, 0.5) is 0 Å². The van der Waals surface area contributed by atoms with Crippen LogP contribution in [0.25, 0.3) is 27.9 Å². The first-order chi connectivity index (χ1) is 14.1. The van der Waals surface area contributed by atoms with Crippen LogP contribution in [0.3, 0.4) is 0 Å². The number of aryl methyl sites for hydroxylation is 2. The molecule has 2 heterocycles. The van der Waals surface area contributed by atoms with Gasteiger partial charge in [0, 0.05) is 34.8 Å². The Morgan fingerprint density at radius 2 is 1.97 bits per heavy atom. The topological polar surface area (TPSA) is 83.8 Å². The van der Waals surface area contributed by atoms with Crippen molar-refractivity contribution in [1.82, 2.24) is 19.7 Å². The van der Waals surface area contributed by atoms with Crippen LogP contribution in [0, 0.1) is 0 Å². The molecule has 0 bridgehead atoms. The average Bonchev–Trinajstić information content (AvgIpc) is 3.29. The fraction of sp³-hybridized carbons (Fsp3) is 0.227. The van der Waals surface area contributed by atoms with Gasteiger partial charge < -0.3 is 9.67 Å². The summed E-state index contributed by atoms with van der Waals surface area (Å²) in [5.74, 6) is -0.221. The lowest BCUT2D eigenvalue weighted by Crippen LogP contribution is -1.97. The number of nitrogens with zero attached hydrogens (tertiary/aromatic N) is 3. The molecule has 148 valence electrons. The molecule has 0 fully saturated rings. The third-order valence-corrected chi connectivity index (χ3v) is 5.70. The van der Waals surface area contributed by atoms with Crippen molar-refractivity contribution < 1.29 is 9.90 Å². The Morgan fingerprint density at radius 1 is 1.17 bits per heavy atom. The number of carbonyl (C=O) groups is 1. The van der Waals surface area contributed by atoms with Crippen LogP contribution in [0.15, 0.2) is 52.5 Å². The van der Waals surface area contributed by atoms with E-state index in [0.29, 0.717) is 5.16 Å². The minimum Gasteiger partial charge on any atom is -0.477 e. The molecule has 4 rings (SSSR count). The number of aliphatic carboxylic acids is 1. The molecule has 2 aromatic heterocycles. The minimum atomic E-state index is -0.993. The number of hydrogen-bond donors (Lipinski definition) is 2. The molecule has 0 spiro atoms. The highest BCUT2D eigenvalue weighted by molar-refractivity contribution is 8.04. The monoisotopic (exact) mass is 406 g/mol. The first kappa shape index (κ1) is 19.3. The third kappa shape index (κ3) is 3.78. The van der Waals surface area contributed by atoms with Crippen LogP contribution >= 0.6 is 11.8 Å². The SMILES string of the molecule is CCCc1nc(S/C(=C\c2ccc3c(c2)c2ccccc2n3CC)C(=O)O)n[nH]1. The zero-order valence-electron chi connectivity index (χ0n) is 16.3. The van der Waals surface area contributed by atoms with Crippen molar-refractivity contribution >= 4 is 45.6 Å². The predicted molar refractivity (Wildman–Crippen MR) is 117 cm³/mol. The summed E-state index contributed by atoms with van der Waals surface area (Å²) in [7, 11) is 0. The van der Waals surface area contributed by atoms with Crippen molar-refractivity contribution in [3.63, 3.8) is 0 Å². The van der Waals surface area contributed by atoms with Crippen molar-refractivity contribution in [3.05, 3.63) is 58.8 Å². The third-order valence-electron chi connectivity index (χ3n) is 4.82. The molecule has 0 atom stereocenters. The number of rotatable bonds is 7. The lowest BCUT2D eigenvalue weighted by molar-refractivity contribution is -0.131. The van der Waals surface area contributed by atoms with Crippen LogP contribution < -0.4 is 0 Å². The minimum absolute atomic E-state index is 0.186. The Bertz CT molecular complexity index is 1220. The van der Waals surface area contributed by atoms with Crippen LogP contribution in [0.5, 0.6) is 0 Å². The summed E-state index contributed by atoms with van der Waals surface area (Å²) >= 11 is 1.06. The number of carboxylic acid groups (broad SMARTS) is 1. The van der Waals surface area contributed by atoms with Crippen molar-refractivity contribution in [2.75, 3.05) is 0 Å². The van der Waals surface area contributed by atoms with Gasteiger partial charge >= 0.3 is 5.97 Å². The predicted octanol–water partition coefficient (Wildman–Crippen LogP) is 5.10. The number of hydrogen-bond acceptors (Lipinski definition) is 4. The second-order valence-electron chi connectivity index (χ2n) is 6.77. The smallest absolute Gasteiger partial charge is 0.342 e. The standard InChI is InChI=1S/C22H22N4O2S/c1-3-7-20-23-22(25-24-20)29-19(21(27)28)13-14-10-11-18-16(12-14)15-8-5-6-9-17(15)26(18)4-2/h5-6,8-13H,3-4,7H2,1-2H3,(H,27,28)(H,23,24,25)/b19-13-. The molecule has 2 N–H and O–H groups in total. The first-order valence-corrected chi connectivity index (χ1v) is 10.5. The zero-order valence-corrected chi connectivity index (χ0v) is 17.2. The quantitative estimate of drug-likeness (QED) is 0.329. The highest BCUT2D eigenvalue weighted by Gasteiger charge is 2.15. The number of para-hydroxylation sites is 1. The van der Waals surface area contributed by atoms with E-state index < -0.39 is 5.97 Å². The number of nitrogens with one attached hydrogen (secondary N) is 1. The van der Waals surface area contributed by atoms with Crippen LogP contribution in [-0.4, -0.2) is 30.8 Å². The van der Waals surface area contributed by atoms with Crippen LogP contribution in [-0.2, 0) is 17.8 Å². The van der Waals surface area contributed by atoms with Gasteiger partial charge in [0.2, 0.25) is 5.16 Å². The first-order valence-electron chi connectivity index (χ1n) is 9.65. The highest BCUT2D eigenvalue weighted by Crippen LogP contribution is 2.31. The number of carboxylic acids is 1. The molecule has 0 aliphatic rings. The summed E-state index contributed by atoms with van der Waals surface area (Å²) in [6.45, 7) is 5.06. The molecular weight excluding hydrogens is 384 g/mol. The fourth-order valence-electron chi connectivity index (χ4n) is 3.56. The van der Waals surface area contributed by atoms with E-state index in [2.05, 4.69) is 51.8 Å². The van der Waals surface area contributed by atoms with E-state index in [9.17, 15) is 9.90 Å². The van der Waals surface area contributed by atoms with Gasteiger partial charge in [-0.3, -0.25) is 5.10 Å².